The lowest BCUT2D eigenvalue weighted by Crippen LogP contribution is -2.20. The first-order valence-corrected chi connectivity index (χ1v) is 7.09. The van der Waals surface area contributed by atoms with Crippen LogP contribution >= 0.6 is 0 Å². The Kier molecular flexibility index (Phi) is 7.25. The first-order valence-electron chi connectivity index (χ1n) is 7.09. The third-order valence-corrected chi connectivity index (χ3v) is 3.22. The number of rotatable bonds is 10. The van der Waals surface area contributed by atoms with Crippen molar-refractivity contribution in [1.29, 1.82) is 0 Å². The van der Waals surface area contributed by atoms with E-state index in [9.17, 15) is 5.02 Å². The zero-order valence-electron chi connectivity index (χ0n) is 12.4. The molecule has 0 amide bonds. The Hall–Kier alpha value is -1.41. The van der Waals surface area contributed by atoms with E-state index in [1.165, 1.54) is 0 Å². The molecule has 0 spiro atoms. The third kappa shape index (κ3) is 5.71. The fraction of sp³-hybridized carbons (Fsp3) is 0.750. The standard InChI is InChI=1S/C12H25BN6O/c1-10(15-3)9-19-12(16-17-18-19)11(14)7-5-4-6-8-13(2)20/h11,15,20H,1,4-9,14H2,2-3H3. The van der Waals surface area contributed by atoms with Gasteiger partial charge in [-0.15, -0.1) is 5.10 Å². The van der Waals surface area contributed by atoms with Crippen molar-refractivity contribution in [2.45, 2.75) is 51.4 Å². The Morgan fingerprint density at radius 2 is 2.25 bits per heavy atom. The molecule has 1 unspecified atom stereocenters. The number of aromatic nitrogens is 4. The van der Waals surface area contributed by atoms with Gasteiger partial charge in [0.15, 0.2) is 5.82 Å². The van der Waals surface area contributed by atoms with E-state index in [4.69, 9.17) is 5.73 Å². The quantitative estimate of drug-likeness (QED) is 0.428. The molecular weight excluding hydrogens is 255 g/mol. The predicted octanol–water partition coefficient (Wildman–Crippen LogP) is 0.580. The second-order valence-electron chi connectivity index (χ2n) is 5.14. The van der Waals surface area contributed by atoms with Crippen LogP contribution < -0.4 is 11.1 Å². The van der Waals surface area contributed by atoms with E-state index in [0.717, 1.165) is 37.7 Å². The highest BCUT2D eigenvalue weighted by molar-refractivity contribution is 6.48. The van der Waals surface area contributed by atoms with Gasteiger partial charge in [-0.25, -0.2) is 4.68 Å². The zero-order valence-corrected chi connectivity index (χ0v) is 12.4. The molecule has 0 aromatic carbocycles. The van der Waals surface area contributed by atoms with Crippen molar-refractivity contribution in [3.8, 4) is 0 Å². The van der Waals surface area contributed by atoms with Gasteiger partial charge in [-0.2, -0.15) is 0 Å². The summed E-state index contributed by atoms with van der Waals surface area (Å²) in [6.45, 7) is 5.98. The molecule has 0 aliphatic carbocycles. The van der Waals surface area contributed by atoms with Crippen LogP contribution in [0.2, 0.25) is 13.1 Å². The Labute approximate surface area is 120 Å². The first kappa shape index (κ1) is 16.6. The maximum absolute atomic E-state index is 9.19. The van der Waals surface area contributed by atoms with Crippen molar-refractivity contribution in [3.63, 3.8) is 0 Å². The van der Waals surface area contributed by atoms with E-state index in [2.05, 4.69) is 27.4 Å². The lowest BCUT2D eigenvalue weighted by molar-refractivity contribution is 0.507. The highest BCUT2D eigenvalue weighted by Gasteiger charge is 2.15. The molecule has 1 rings (SSSR count). The molecule has 0 aliphatic heterocycles. The number of nitrogens with one attached hydrogen (secondary N) is 1. The lowest BCUT2D eigenvalue weighted by Gasteiger charge is -2.12. The fourth-order valence-corrected chi connectivity index (χ4v) is 1.96. The minimum atomic E-state index is -0.219. The number of allylic oxidation sites excluding steroid dienone is 1. The monoisotopic (exact) mass is 280 g/mol. The summed E-state index contributed by atoms with van der Waals surface area (Å²) >= 11 is 0. The maximum Gasteiger partial charge on any atom is 0.285 e. The van der Waals surface area contributed by atoms with Gasteiger partial charge in [0.05, 0.1) is 12.6 Å². The van der Waals surface area contributed by atoms with E-state index in [0.29, 0.717) is 12.4 Å². The highest BCUT2D eigenvalue weighted by atomic mass is 16.2. The van der Waals surface area contributed by atoms with Crippen molar-refractivity contribution >= 4 is 6.92 Å². The molecule has 1 heterocycles. The second kappa shape index (κ2) is 8.70. The molecule has 8 heteroatoms. The van der Waals surface area contributed by atoms with Gasteiger partial charge in [-0.1, -0.05) is 32.7 Å². The van der Waals surface area contributed by atoms with E-state index >= 15 is 0 Å². The number of tetrazole rings is 1. The van der Waals surface area contributed by atoms with Crippen molar-refractivity contribution in [1.82, 2.24) is 25.5 Å². The van der Waals surface area contributed by atoms with Gasteiger partial charge in [0, 0.05) is 12.7 Å². The number of nitrogens with two attached hydrogens (primary N) is 1. The largest absolute Gasteiger partial charge is 0.451 e. The molecular formula is C12H25BN6O. The molecule has 1 atom stereocenters. The van der Waals surface area contributed by atoms with Crippen LogP contribution in [-0.4, -0.2) is 39.2 Å². The molecule has 112 valence electrons. The average Bonchev–Trinajstić information content (AvgIpc) is 2.85. The number of hydrogen-bond acceptors (Lipinski definition) is 6. The second-order valence-corrected chi connectivity index (χ2v) is 5.14. The van der Waals surface area contributed by atoms with Crippen LogP contribution in [-0.2, 0) is 6.54 Å². The van der Waals surface area contributed by atoms with Crippen molar-refractivity contribution < 1.29 is 5.02 Å². The van der Waals surface area contributed by atoms with Crippen LogP contribution in [0.1, 0.15) is 37.5 Å². The summed E-state index contributed by atoms with van der Waals surface area (Å²) in [6.07, 6.45) is 4.77. The van der Waals surface area contributed by atoms with Crippen LogP contribution in [0.25, 0.3) is 0 Å². The van der Waals surface area contributed by atoms with Crippen molar-refractivity contribution in [2.24, 2.45) is 5.73 Å². The molecule has 0 saturated carbocycles. The summed E-state index contributed by atoms with van der Waals surface area (Å²) in [5.74, 6) is 0.692. The Morgan fingerprint density at radius 1 is 1.50 bits per heavy atom. The van der Waals surface area contributed by atoms with Gasteiger partial charge >= 0.3 is 0 Å². The van der Waals surface area contributed by atoms with Crippen LogP contribution in [0.3, 0.4) is 0 Å². The Balaban J connectivity index is 2.37. The molecule has 20 heavy (non-hydrogen) atoms. The minimum Gasteiger partial charge on any atom is -0.451 e. The lowest BCUT2D eigenvalue weighted by atomic mass is 9.67. The van der Waals surface area contributed by atoms with Crippen molar-refractivity contribution in [3.05, 3.63) is 18.1 Å². The van der Waals surface area contributed by atoms with Crippen LogP contribution in [0.4, 0.5) is 0 Å². The van der Waals surface area contributed by atoms with Gasteiger partial charge in [-0.3, -0.25) is 0 Å². The Morgan fingerprint density at radius 3 is 2.90 bits per heavy atom. The van der Waals surface area contributed by atoms with Crippen molar-refractivity contribution in [2.75, 3.05) is 7.05 Å². The summed E-state index contributed by atoms with van der Waals surface area (Å²) < 4.78 is 1.68. The maximum atomic E-state index is 9.19. The van der Waals surface area contributed by atoms with Crippen LogP contribution in [0, 0.1) is 0 Å². The SMILES string of the molecule is C=C(Cn1nnnc1C(N)CCCCCB(C)O)NC. The number of unbranched alkanes of at least 4 members (excludes halogenated alkanes) is 2. The van der Waals surface area contributed by atoms with Crippen LogP contribution in [0.5, 0.6) is 0 Å². The molecule has 4 N–H and O–H groups in total. The van der Waals surface area contributed by atoms with E-state index in [1.807, 2.05) is 13.9 Å². The van der Waals surface area contributed by atoms with Crippen LogP contribution in [0.15, 0.2) is 12.3 Å². The molecule has 0 saturated heterocycles. The summed E-state index contributed by atoms with van der Waals surface area (Å²) in [5, 5.41) is 23.8. The summed E-state index contributed by atoms with van der Waals surface area (Å²) in [4.78, 5) is 0. The average molecular weight is 280 g/mol. The highest BCUT2D eigenvalue weighted by Crippen LogP contribution is 2.15. The molecule has 7 nitrogen and oxygen atoms in total. The molecule has 0 bridgehead atoms. The number of likely N-dealkylation sites (N-methyl/N-ethyl adjacent to an activating group) is 1. The number of hydrogen-bond donors (Lipinski definition) is 3. The molecule has 1 aromatic heterocycles. The Bertz CT molecular complexity index is 408. The van der Waals surface area contributed by atoms with E-state index in [1.54, 1.807) is 4.68 Å². The smallest absolute Gasteiger partial charge is 0.285 e. The fourth-order valence-electron chi connectivity index (χ4n) is 1.96. The molecule has 0 aliphatic rings. The first-order chi connectivity index (χ1) is 9.54. The predicted molar refractivity (Wildman–Crippen MR) is 80.1 cm³/mol. The van der Waals surface area contributed by atoms with E-state index < -0.39 is 0 Å². The number of nitrogens with zero attached hydrogens (tertiary/aromatic N) is 4. The third-order valence-electron chi connectivity index (χ3n) is 3.22. The molecule has 1 aromatic rings. The molecule has 0 radical (unpaired) electrons. The minimum absolute atomic E-state index is 0.166. The summed E-state index contributed by atoms with van der Waals surface area (Å²) in [6, 6.07) is -0.166. The summed E-state index contributed by atoms with van der Waals surface area (Å²) in [5.41, 5.74) is 6.97. The van der Waals surface area contributed by atoms with Gasteiger partial charge in [0.25, 0.3) is 6.92 Å². The summed E-state index contributed by atoms with van der Waals surface area (Å²) in [7, 11) is 1.81. The van der Waals surface area contributed by atoms with Gasteiger partial charge < -0.3 is 16.1 Å². The van der Waals surface area contributed by atoms with E-state index in [-0.39, 0.29) is 13.0 Å². The normalized spacial score (nSPS) is 12.2. The topological polar surface area (TPSA) is 102 Å². The van der Waals surface area contributed by atoms with Gasteiger partial charge in [0.1, 0.15) is 0 Å². The van der Waals surface area contributed by atoms with Gasteiger partial charge in [0.2, 0.25) is 0 Å². The van der Waals surface area contributed by atoms with Gasteiger partial charge in [-0.05, 0) is 23.2 Å². The molecule has 0 fully saturated rings. The zero-order chi connectivity index (χ0) is 15.0.